The molecule has 1 fully saturated rings. The van der Waals surface area contributed by atoms with E-state index in [9.17, 15) is 9.59 Å². The van der Waals surface area contributed by atoms with Crippen molar-refractivity contribution in [2.24, 2.45) is 5.41 Å². The Bertz CT molecular complexity index is 355. The van der Waals surface area contributed by atoms with Crippen molar-refractivity contribution in [3.63, 3.8) is 0 Å². The van der Waals surface area contributed by atoms with Crippen LogP contribution in [-0.2, 0) is 9.59 Å². The first-order chi connectivity index (χ1) is 8.32. The van der Waals surface area contributed by atoms with Crippen LogP contribution < -0.4 is 5.32 Å². The van der Waals surface area contributed by atoms with E-state index in [1.54, 1.807) is 4.90 Å². The average Bonchev–Trinajstić information content (AvgIpc) is 2.27. The molecule has 0 aromatic heterocycles. The summed E-state index contributed by atoms with van der Waals surface area (Å²) in [7, 11) is 0. The molecule has 2 amide bonds. The Kier molecular flexibility index (Phi) is 4.54. The van der Waals surface area contributed by atoms with Crippen LogP contribution >= 0.6 is 0 Å². The lowest BCUT2D eigenvalue weighted by Crippen LogP contribution is -2.66. The lowest BCUT2D eigenvalue weighted by Gasteiger charge is -2.44. The first-order valence-corrected chi connectivity index (χ1v) is 6.55. The summed E-state index contributed by atoms with van der Waals surface area (Å²) < 4.78 is 0. The lowest BCUT2D eigenvalue weighted by molar-refractivity contribution is -0.153. The molecule has 1 N–H and O–H groups in total. The van der Waals surface area contributed by atoms with Gasteiger partial charge in [-0.05, 0) is 18.8 Å². The van der Waals surface area contributed by atoms with E-state index >= 15 is 0 Å². The number of hydrogen-bond donors (Lipinski definition) is 1. The Hall–Kier alpha value is -1.32. The first kappa shape index (κ1) is 14.7. The largest absolute Gasteiger partial charge is 0.342 e. The number of allylic oxidation sites excluding steroid dienone is 1. The van der Waals surface area contributed by atoms with Gasteiger partial charge in [0.25, 0.3) is 0 Å². The van der Waals surface area contributed by atoms with E-state index in [-0.39, 0.29) is 23.3 Å². The van der Waals surface area contributed by atoms with Gasteiger partial charge in [-0.25, -0.2) is 0 Å². The number of piperazine rings is 1. The quantitative estimate of drug-likeness (QED) is 0.777. The molecule has 0 aliphatic carbocycles. The number of nitrogens with zero attached hydrogens (tertiary/aromatic N) is 1. The minimum absolute atomic E-state index is 0.0233. The summed E-state index contributed by atoms with van der Waals surface area (Å²) in [6, 6.07) is -0.773. The maximum atomic E-state index is 12.3. The summed E-state index contributed by atoms with van der Waals surface area (Å²) in [4.78, 5) is 26.2. The third kappa shape index (κ3) is 2.92. The number of carbonyl (C=O) groups excluding carboxylic acids is 2. The van der Waals surface area contributed by atoms with E-state index in [2.05, 4.69) is 5.32 Å². The SMILES string of the molecule is C/C=C/CN1C(=O)C(CC)NC(=O)C1C(C)(C)C. The van der Waals surface area contributed by atoms with Gasteiger partial charge in [-0.1, -0.05) is 39.8 Å². The maximum absolute atomic E-state index is 12.3. The van der Waals surface area contributed by atoms with Crippen molar-refractivity contribution in [2.45, 2.75) is 53.1 Å². The van der Waals surface area contributed by atoms with Gasteiger partial charge in [-0.3, -0.25) is 9.59 Å². The second-order valence-electron chi connectivity index (χ2n) is 5.80. The molecule has 18 heavy (non-hydrogen) atoms. The van der Waals surface area contributed by atoms with Gasteiger partial charge in [0.15, 0.2) is 0 Å². The summed E-state index contributed by atoms with van der Waals surface area (Å²) in [6.07, 6.45) is 4.45. The molecule has 1 heterocycles. The van der Waals surface area contributed by atoms with Crippen LogP contribution in [0.3, 0.4) is 0 Å². The van der Waals surface area contributed by atoms with Crippen molar-refractivity contribution in [2.75, 3.05) is 6.54 Å². The van der Waals surface area contributed by atoms with E-state index in [1.807, 2.05) is 46.8 Å². The van der Waals surface area contributed by atoms with Crippen molar-refractivity contribution in [3.8, 4) is 0 Å². The third-order valence-corrected chi connectivity index (χ3v) is 3.22. The number of carbonyl (C=O) groups is 2. The molecule has 1 rings (SSSR count). The van der Waals surface area contributed by atoms with Gasteiger partial charge in [0.05, 0.1) is 0 Å². The Morgan fingerprint density at radius 1 is 1.33 bits per heavy atom. The smallest absolute Gasteiger partial charge is 0.246 e. The predicted molar refractivity (Wildman–Crippen MR) is 72.0 cm³/mol. The van der Waals surface area contributed by atoms with Crippen molar-refractivity contribution in [1.29, 1.82) is 0 Å². The van der Waals surface area contributed by atoms with Crippen molar-refractivity contribution in [3.05, 3.63) is 12.2 Å². The zero-order valence-corrected chi connectivity index (χ0v) is 12.0. The molecule has 4 heteroatoms. The van der Waals surface area contributed by atoms with Gasteiger partial charge in [0.1, 0.15) is 12.1 Å². The average molecular weight is 252 g/mol. The van der Waals surface area contributed by atoms with Gasteiger partial charge in [0, 0.05) is 6.54 Å². The number of rotatable bonds is 3. The fourth-order valence-corrected chi connectivity index (χ4v) is 2.33. The molecule has 0 radical (unpaired) electrons. The zero-order chi connectivity index (χ0) is 13.9. The molecule has 0 spiro atoms. The molecule has 1 aliphatic rings. The van der Waals surface area contributed by atoms with E-state index in [0.717, 1.165) is 0 Å². The molecular weight excluding hydrogens is 228 g/mol. The predicted octanol–water partition coefficient (Wildman–Crippen LogP) is 1.71. The molecule has 0 bridgehead atoms. The molecule has 1 aliphatic heterocycles. The first-order valence-electron chi connectivity index (χ1n) is 6.55. The minimum atomic E-state index is -0.399. The molecule has 0 aromatic rings. The summed E-state index contributed by atoms with van der Waals surface area (Å²) in [5, 5.41) is 2.82. The number of amides is 2. The highest BCUT2D eigenvalue weighted by Gasteiger charge is 2.44. The standard InChI is InChI=1S/C14H24N2O2/c1-6-8-9-16-11(14(3,4)5)12(17)15-10(7-2)13(16)18/h6,8,10-11H,7,9H2,1-5H3,(H,15,17)/b8-6+. The second kappa shape index (κ2) is 5.55. The van der Waals surface area contributed by atoms with Crippen LogP contribution in [0.15, 0.2) is 12.2 Å². The fraction of sp³-hybridized carbons (Fsp3) is 0.714. The van der Waals surface area contributed by atoms with Crippen LogP contribution in [0.4, 0.5) is 0 Å². The zero-order valence-electron chi connectivity index (χ0n) is 12.0. The van der Waals surface area contributed by atoms with Crippen LogP contribution in [0.2, 0.25) is 0 Å². The lowest BCUT2D eigenvalue weighted by atomic mass is 9.83. The van der Waals surface area contributed by atoms with Gasteiger partial charge < -0.3 is 10.2 Å². The van der Waals surface area contributed by atoms with E-state index < -0.39 is 6.04 Å². The molecule has 2 atom stereocenters. The minimum Gasteiger partial charge on any atom is -0.342 e. The highest BCUT2D eigenvalue weighted by atomic mass is 16.2. The van der Waals surface area contributed by atoms with Crippen molar-refractivity contribution < 1.29 is 9.59 Å². The second-order valence-corrected chi connectivity index (χ2v) is 5.80. The highest BCUT2D eigenvalue weighted by Crippen LogP contribution is 2.28. The Balaban J connectivity index is 3.06. The molecular formula is C14H24N2O2. The Morgan fingerprint density at radius 2 is 1.94 bits per heavy atom. The van der Waals surface area contributed by atoms with Crippen LogP contribution in [0.5, 0.6) is 0 Å². The van der Waals surface area contributed by atoms with Crippen LogP contribution in [0, 0.1) is 5.41 Å². The summed E-state index contributed by atoms with van der Waals surface area (Å²) in [5.74, 6) is -0.0198. The van der Waals surface area contributed by atoms with Gasteiger partial charge in [0.2, 0.25) is 11.8 Å². The van der Waals surface area contributed by atoms with Crippen molar-refractivity contribution in [1.82, 2.24) is 10.2 Å². The topological polar surface area (TPSA) is 49.4 Å². The van der Waals surface area contributed by atoms with Gasteiger partial charge >= 0.3 is 0 Å². The normalized spacial score (nSPS) is 25.7. The van der Waals surface area contributed by atoms with Crippen LogP contribution in [0.1, 0.15) is 41.0 Å². The number of hydrogen-bond acceptors (Lipinski definition) is 2. The van der Waals surface area contributed by atoms with E-state index in [0.29, 0.717) is 13.0 Å². The molecule has 102 valence electrons. The molecule has 1 saturated heterocycles. The number of nitrogens with one attached hydrogen (secondary N) is 1. The molecule has 0 saturated carbocycles. The van der Waals surface area contributed by atoms with Gasteiger partial charge in [-0.2, -0.15) is 0 Å². The van der Waals surface area contributed by atoms with E-state index in [4.69, 9.17) is 0 Å². The van der Waals surface area contributed by atoms with Gasteiger partial charge in [-0.15, -0.1) is 0 Å². The molecule has 4 nitrogen and oxygen atoms in total. The molecule has 0 aromatic carbocycles. The van der Waals surface area contributed by atoms with Crippen LogP contribution in [-0.4, -0.2) is 35.3 Å². The summed E-state index contributed by atoms with van der Waals surface area (Å²) >= 11 is 0. The summed E-state index contributed by atoms with van der Waals surface area (Å²) in [6.45, 7) is 10.3. The van der Waals surface area contributed by atoms with Crippen LogP contribution in [0.25, 0.3) is 0 Å². The summed E-state index contributed by atoms with van der Waals surface area (Å²) in [5.41, 5.74) is -0.264. The molecule has 2 unspecified atom stereocenters. The fourth-order valence-electron chi connectivity index (χ4n) is 2.33. The Labute approximate surface area is 109 Å². The van der Waals surface area contributed by atoms with Crippen molar-refractivity contribution >= 4 is 11.8 Å². The maximum Gasteiger partial charge on any atom is 0.246 e. The Morgan fingerprint density at radius 3 is 2.39 bits per heavy atom. The monoisotopic (exact) mass is 252 g/mol. The third-order valence-electron chi connectivity index (χ3n) is 3.22. The van der Waals surface area contributed by atoms with E-state index in [1.165, 1.54) is 0 Å². The highest BCUT2D eigenvalue weighted by molar-refractivity contribution is 5.97.